The van der Waals surface area contributed by atoms with Crippen LogP contribution in [0.5, 0.6) is 0 Å². The maximum atomic E-state index is 13.1. The van der Waals surface area contributed by atoms with E-state index >= 15 is 0 Å². The summed E-state index contributed by atoms with van der Waals surface area (Å²) in [6.07, 6.45) is 0.730. The second-order valence-corrected chi connectivity index (χ2v) is 12.6. The molecule has 2 amide bonds. The van der Waals surface area contributed by atoms with E-state index in [1.165, 1.54) is 0 Å². The minimum Gasteiger partial charge on any atom is -0.481 e. The Bertz CT molecular complexity index is 1280. The van der Waals surface area contributed by atoms with Crippen LogP contribution in [-0.4, -0.2) is 40.0 Å². The van der Waals surface area contributed by atoms with Gasteiger partial charge in [-0.15, -0.1) is 0 Å². The van der Waals surface area contributed by atoms with Gasteiger partial charge in [-0.25, -0.2) is 4.79 Å². The number of nitrogens with one attached hydrogen (secondary N) is 2. The van der Waals surface area contributed by atoms with E-state index in [0.29, 0.717) is 34.7 Å². The highest BCUT2D eigenvalue weighted by Crippen LogP contribution is 2.56. The predicted octanol–water partition coefficient (Wildman–Crippen LogP) is 5.53. The van der Waals surface area contributed by atoms with Crippen LogP contribution >= 0.6 is 11.6 Å². The van der Waals surface area contributed by atoms with Crippen molar-refractivity contribution >= 4 is 41.0 Å². The van der Waals surface area contributed by atoms with Crippen LogP contribution < -0.4 is 10.6 Å². The first kappa shape index (κ1) is 30.2. The van der Waals surface area contributed by atoms with Crippen LogP contribution in [0.25, 0.3) is 0 Å². The highest BCUT2D eigenvalue weighted by molar-refractivity contribution is 6.34. The summed E-state index contributed by atoms with van der Waals surface area (Å²) in [6.45, 7) is 11.3. The first-order valence-corrected chi connectivity index (χ1v) is 13.3. The summed E-state index contributed by atoms with van der Waals surface area (Å²) < 4.78 is 0. The predicted molar refractivity (Wildman–Crippen MR) is 150 cm³/mol. The van der Waals surface area contributed by atoms with Crippen molar-refractivity contribution in [1.82, 2.24) is 5.32 Å². The summed E-state index contributed by atoms with van der Waals surface area (Å²) in [4.78, 5) is 49.7. The van der Waals surface area contributed by atoms with Crippen LogP contribution in [-0.2, 0) is 26.2 Å². The van der Waals surface area contributed by atoms with E-state index in [-0.39, 0.29) is 17.7 Å². The quantitative estimate of drug-likeness (QED) is 0.338. The Labute approximate surface area is 234 Å². The van der Waals surface area contributed by atoms with Crippen LogP contribution in [0, 0.1) is 16.7 Å². The molecule has 0 aliphatic heterocycles. The third-order valence-electron chi connectivity index (χ3n) is 8.36. The summed E-state index contributed by atoms with van der Waals surface area (Å²) in [5.41, 5.74) is 0.491. The lowest BCUT2D eigenvalue weighted by molar-refractivity contribution is -0.155. The third-order valence-corrected chi connectivity index (χ3v) is 8.67. The van der Waals surface area contributed by atoms with Crippen molar-refractivity contribution in [2.24, 2.45) is 16.7 Å². The van der Waals surface area contributed by atoms with Crippen molar-refractivity contribution in [3.8, 4) is 0 Å². The summed E-state index contributed by atoms with van der Waals surface area (Å²) in [5, 5.41) is 25.2. The van der Waals surface area contributed by atoms with E-state index in [2.05, 4.69) is 31.4 Å². The van der Waals surface area contributed by atoms with Crippen LogP contribution in [0.1, 0.15) is 75.9 Å². The van der Waals surface area contributed by atoms with Crippen molar-refractivity contribution < 1.29 is 29.4 Å². The number of anilines is 1. The summed E-state index contributed by atoms with van der Waals surface area (Å²) in [7, 11) is 0. The van der Waals surface area contributed by atoms with Crippen LogP contribution in [0.3, 0.4) is 0 Å². The summed E-state index contributed by atoms with van der Waals surface area (Å²) >= 11 is 6.37. The van der Waals surface area contributed by atoms with Gasteiger partial charge in [0, 0.05) is 18.0 Å². The lowest BCUT2D eigenvalue weighted by atomic mass is 9.65. The maximum Gasteiger partial charge on any atom is 0.326 e. The molecule has 0 saturated heterocycles. The molecule has 0 heterocycles. The lowest BCUT2D eigenvalue weighted by Gasteiger charge is -2.38. The third kappa shape index (κ3) is 6.27. The van der Waals surface area contributed by atoms with Crippen molar-refractivity contribution in [1.29, 1.82) is 0 Å². The minimum absolute atomic E-state index is 0.0265. The average molecular weight is 557 g/mol. The number of benzene rings is 2. The van der Waals surface area contributed by atoms with Gasteiger partial charge < -0.3 is 20.8 Å². The van der Waals surface area contributed by atoms with Gasteiger partial charge in [0.1, 0.15) is 6.04 Å². The smallest absolute Gasteiger partial charge is 0.326 e. The SMILES string of the molecule is CC(C)(C)c1ccc(C(=O)Nc2ccc(C[C@H](NC(=O)C3CC[C@@](C)(C(=O)O)C3(C)C)C(=O)O)cc2)c(Cl)c1. The number of carbonyl (C=O) groups is 4. The van der Waals surface area contributed by atoms with E-state index < -0.39 is 40.6 Å². The maximum absolute atomic E-state index is 13.1. The molecular formula is C30H37ClN2O6. The number of aliphatic carboxylic acids is 2. The number of carbonyl (C=O) groups excluding carboxylic acids is 2. The Morgan fingerprint density at radius 3 is 2.13 bits per heavy atom. The largest absolute Gasteiger partial charge is 0.481 e. The average Bonchev–Trinajstić information content (AvgIpc) is 3.08. The van der Waals surface area contributed by atoms with E-state index in [9.17, 15) is 29.4 Å². The molecule has 0 aromatic heterocycles. The molecule has 1 saturated carbocycles. The Hall–Kier alpha value is -3.39. The van der Waals surface area contributed by atoms with Gasteiger partial charge in [-0.2, -0.15) is 0 Å². The molecule has 210 valence electrons. The van der Waals surface area contributed by atoms with Crippen LogP contribution in [0.2, 0.25) is 5.02 Å². The number of hydrogen-bond acceptors (Lipinski definition) is 4. The van der Waals surface area contributed by atoms with Crippen molar-refractivity contribution in [2.75, 3.05) is 5.32 Å². The van der Waals surface area contributed by atoms with Crippen LogP contribution in [0.15, 0.2) is 42.5 Å². The fourth-order valence-corrected chi connectivity index (χ4v) is 5.40. The Kier molecular flexibility index (Phi) is 8.51. The van der Waals surface area contributed by atoms with E-state index in [1.54, 1.807) is 57.2 Å². The summed E-state index contributed by atoms with van der Waals surface area (Å²) in [6, 6.07) is 10.8. The van der Waals surface area contributed by atoms with Gasteiger partial charge in [-0.3, -0.25) is 14.4 Å². The number of carboxylic acid groups (broad SMARTS) is 2. The Morgan fingerprint density at radius 2 is 1.64 bits per heavy atom. The van der Waals surface area contributed by atoms with Gasteiger partial charge in [-0.1, -0.05) is 64.4 Å². The molecule has 3 rings (SSSR count). The van der Waals surface area contributed by atoms with Gasteiger partial charge in [0.15, 0.2) is 0 Å². The molecule has 39 heavy (non-hydrogen) atoms. The highest BCUT2D eigenvalue weighted by Gasteiger charge is 2.58. The minimum atomic E-state index is -1.19. The van der Waals surface area contributed by atoms with E-state index in [1.807, 2.05) is 6.07 Å². The molecule has 1 unspecified atom stereocenters. The summed E-state index contributed by atoms with van der Waals surface area (Å²) in [5.74, 6) is -3.60. The van der Waals surface area contributed by atoms with Crippen molar-refractivity contribution in [3.63, 3.8) is 0 Å². The monoisotopic (exact) mass is 556 g/mol. The highest BCUT2D eigenvalue weighted by atomic mass is 35.5. The lowest BCUT2D eigenvalue weighted by Crippen LogP contribution is -2.49. The van der Waals surface area contributed by atoms with E-state index in [4.69, 9.17) is 11.6 Å². The number of rotatable bonds is 8. The van der Waals surface area contributed by atoms with Crippen molar-refractivity contribution in [2.45, 2.75) is 72.3 Å². The van der Waals surface area contributed by atoms with Gasteiger partial charge in [0.2, 0.25) is 5.91 Å². The standard InChI is InChI=1S/C30H37ClN2O6/c1-28(2,3)18-9-12-20(22(31)16-18)24(34)32-19-10-7-17(8-11-19)15-23(26(36)37)33-25(35)21-13-14-30(6,27(38)39)29(21,4)5/h7-12,16,21,23H,13-15H2,1-6H3,(H,32,34)(H,33,35)(H,36,37)(H,38,39)/t21?,23-,30-/m0/s1. The van der Waals surface area contributed by atoms with Gasteiger partial charge in [0.05, 0.1) is 16.0 Å². The molecule has 3 atom stereocenters. The molecule has 2 aromatic carbocycles. The molecule has 4 N–H and O–H groups in total. The number of amides is 2. The van der Waals surface area contributed by atoms with Crippen LogP contribution in [0.4, 0.5) is 5.69 Å². The molecule has 0 spiro atoms. The molecule has 0 radical (unpaired) electrons. The molecule has 1 aliphatic rings. The zero-order chi connectivity index (χ0) is 29.3. The molecule has 1 fully saturated rings. The normalized spacial score (nSPS) is 21.2. The zero-order valence-electron chi connectivity index (χ0n) is 23.2. The molecule has 9 heteroatoms. The van der Waals surface area contributed by atoms with Gasteiger partial charge >= 0.3 is 11.9 Å². The molecule has 2 aromatic rings. The second-order valence-electron chi connectivity index (χ2n) is 12.1. The molecule has 8 nitrogen and oxygen atoms in total. The first-order valence-electron chi connectivity index (χ1n) is 12.9. The number of carboxylic acids is 2. The Balaban J connectivity index is 1.66. The second kappa shape index (κ2) is 11.0. The number of halogens is 1. The number of hydrogen-bond donors (Lipinski definition) is 4. The van der Waals surface area contributed by atoms with E-state index in [0.717, 1.165) is 5.56 Å². The topological polar surface area (TPSA) is 133 Å². The van der Waals surface area contributed by atoms with Gasteiger partial charge in [-0.05, 0) is 66.0 Å². The first-order chi connectivity index (χ1) is 18.0. The fraction of sp³-hybridized carbons (Fsp3) is 0.467. The van der Waals surface area contributed by atoms with Crippen molar-refractivity contribution in [3.05, 3.63) is 64.2 Å². The molecule has 1 aliphatic carbocycles. The zero-order valence-corrected chi connectivity index (χ0v) is 24.0. The molecule has 0 bridgehead atoms. The Morgan fingerprint density at radius 1 is 1.03 bits per heavy atom. The van der Waals surface area contributed by atoms with Gasteiger partial charge in [0.25, 0.3) is 5.91 Å². The molecular weight excluding hydrogens is 520 g/mol. The fourth-order valence-electron chi connectivity index (χ4n) is 5.14.